The summed E-state index contributed by atoms with van der Waals surface area (Å²) in [6.07, 6.45) is 3.85. The summed E-state index contributed by atoms with van der Waals surface area (Å²) < 4.78 is 0. The number of imide groups is 1. The van der Waals surface area contributed by atoms with Crippen LogP contribution in [-0.2, 0) is 9.59 Å². The number of hydrogen-bond acceptors (Lipinski definition) is 4. The number of nitrogens with one attached hydrogen (secondary N) is 3. The first kappa shape index (κ1) is 19.0. The van der Waals surface area contributed by atoms with E-state index >= 15 is 0 Å². The topological polar surface area (TPSA) is 106 Å². The van der Waals surface area contributed by atoms with Gasteiger partial charge in [0, 0.05) is 40.8 Å². The molecule has 140 valence electrons. The molecular weight excluding hydrogens is 324 g/mol. The van der Waals surface area contributed by atoms with Gasteiger partial charge < -0.3 is 20.9 Å². The standard InChI is InChI=1S/C16H28N6O3/c1-17-14(18-8-9-22-12(23)10-19-15(22)25)20-11-16(6-4-5-7-16)13(24)21(2)3/h4-11H2,1-3H3,(H,19,25)(H2,17,18,20). The average molecular weight is 352 g/mol. The van der Waals surface area contributed by atoms with Crippen LogP contribution in [0.3, 0.4) is 0 Å². The molecule has 3 N–H and O–H groups in total. The fourth-order valence-corrected chi connectivity index (χ4v) is 3.43. The Morgan fingerprint density at radius 3 is 2.48 bits per heavy atom. The van der Waals surface area contributed by atoms with Crippen molar-refractivity contribution in [3.05, 3.63) is 0 Å². The highest BCUT2D eigenvalue weighted by Gasteiger charge is 2.42. The van der Waals surface area contributed by atoms with Crippen LogP contribution in [0.25, 0.3) is 0 Å². The van der Waals surface area contributed by atoms with Crippen LogP contribution in [0.2, 0.25) is 0 Å². The minimum atomic E-state index is -0.383. The summed E-state index contributed by atoms with van der Waals surface area (Å²) in [7, 11) is 5.22. The van der Waals surface area contributed by atoms with Crippen LogP contribution in [0.4, 0.5) is 4.79 Å². The van der Waals surface area contributed by atoms with Gasteiger partial charge in [0.05, 0.1) is 12.0 Å². The Morgan fingerprint density at radius 1 is 1.28 bits per heavy atom. The van der Waals surface area contributed by atoms with E-state index in [0.29, 0.717) is 19.0 Å². The van der Waals surface area contributed by atoms with Crippen LogP contribution in [0.15, 0.2) is 4.99 Å². The molecule has 0 spiro atoms. The van der Waals surface area contributed by atoms with Crippen LogP contribution in [0, 0.1) is 5.41 Å². The summed E-state index contributed by atoms with van der Waals surface area (Å²) >= 11 is 0. The lowest BCUT2D eigenvalue weighted by atomic mass is 9.84. The third-order valence-electron chi connectivity index (χ3n) is 4.80. The summed E-state index contributed by atoms with van der Waals surface area (Å²) in [4.78, 5) is 42.6. The Bertz CT molecular complexity index is 538. The molecule has 25 heavy (non-hydrogen) atoms. The maximum atomic E-state index is 12.6. The maximum Gasteiger partial charge on any atom is 0.324 e. The minimum absolute atomic E-state index is 0.0565. The number of guanidine groups is 1. The molecule has 0 aromatic heterocycles. The van der Waals surface area contributed by atoms with Gasteiger partial charge in [-0.1, -0.05) is 12.8 Å². The van der Waals surface area contributed by atoms with Crippen molar-refractivity contribution in [2.24, 2.45) is 10.4 Å². The minimum Gasteiger partial charge on any atom is -0.355 e. The molecule has 9 heteroatoms. The summed E-state index contributed by atoms with van der Waals surface area (Å²) in [5, 5.41) is 8.79. The second-order valence-corrected chi connectivity index (χ2v) is 6.74. The first-order valence-electron chi connectivity index (χ1n) is 8.64. The molecule has 0 aromatic carbocycles. The number of amides is 4. The number of rotatable bonds is 6. The third kappa shape index (κ3) is 4.40. The second-order valence-electron chi connectivity index (χ2n) is 6.74. The van der Waals surface area contributed by atoms with Crippen molar-refractivity contribution in [1.82, 2.24) is 25.8 Å². The average Bonchev–Trinajstić information content (AvgIpc) is 3.19. The molecule has 0 radical (unpaired) electrons. The van der Waals surface area contributed by atoms with Crippen molar-refractivity contribution in [3.63, 3.8) is 0 Å². The zero-order chi connectivity index (χ0) is 18.4. The molecule has 0 aromatic rings. The zero-order valence-corrected chi connectivity index (χ0v) is 15.2. The molecule has 9 nitrogen and oxygen atoms in total. The van der Waals surface area contributed by atoms with E-state index in [1.165, 1.54) is 4.90 Å². The van der Waals surface area contributed by atoms with E-state index in [1.807, 2.05) is 0 Å². The van der Waals surface area contributed by atoms with E-state index in [9.17, 15) is 14.4 Å². The molecule has 0 unspecified atom stereocenters. The molecule has 0 bridgehead atoms. The molecule has 2 fully saturated rings. The van der Waals surface area contributed by atoms with Crippen molar-refractivity contribution < 1.29 is 14.4 Å². The number of aliphatic imine (C=N–C) groups is 1. The lowest BCUT2D eigenvalue weighted by Gasteiger charge is -2.31. The van der Waals surface area contributed by atoms with Crippen LogP contribution >= 0.6 is 0 Å². The molecular formula is C16H28N6O3. The van der Waals surface area contributed by atoms with Gasteiger partial charge in [0.25, 0.3) is 0 Å². The molecule has 1 aliphatic heterocycles. The Morgan fingerprint density at radius 2 is 1.96 bits per heavy atom. The predicted octanol–water partition coefficient (Wildman–Crippen LogP) is -0.648. The first-order valence-corrected chi connectivity index (χ1v) is 8.64. The van der Waals surface area contributed by atoms with Gasteiger partial charge in [0.1, 0.15) is 0 Å². The van der Waals surface area contributed by atoms with Crippen LogP contribution < -0.4 is 16.0 Å². The number of hydrogen-bond donors (Lipinski definition) is 3. The normalized spacial score (nSPS) is 19.8. The Balaban J connectivity index is 1.84. The summed E-state index contributed by atoms with van der Waals surface area (Å²) in [6.45, 7) is 1.24. The number of nitrogens with zero attached hydrogens (tertiary/aromatic N) is 3. The van der Waals surface area contributed by atoms with E-state index in [-0.39, 0.29) is 36.3 Å². The monoisotopic (exact) mass is 352 g/mol. The summed E-state index contributed by atoms with van der Waals surface area (Å²) in [5.41, 5.74) is -0.383. The molecule has 2 rings (SSSR count). The van der Waals surface area contributed by atoms with Crippen LogP contribution in [-0.4, -0.2) is 80.9 Å². The van der Waals surface area contributed by atoms with E-state index < -0.39 is 0 Å². The van der Waals surface area contributed by atoms with Gasteiger partial charge in [0.2, 0.25) is 11.8 Å². The predicted molar refractivity (Wildman–Crippen MR) is 94.1 cm³/mol. The Hall–Kier alpha value is -2.32. The van der Waals surface area contributed by atoms with Crippen molar-refractivity contribution in [2.45, 2.75) is 25.7 Å². The van der Waals surface area contributed by atoms with Crippen molar-refractivity contribution >= 4 is 23.8 Å². The van der Waals surface area contributed by atoms with Gasteiger partial charge in [0.15, 0.2) is 5.96 Å². The first-order chi connectivity index (χ1) is 11.9. The van der Waals surface area contributed by atoms with Gasteiger partial charge in [-0.3, -0.25) is 19.5 Å². The van der Waals surface area contributed by atoms with Crippen molar-refractivity contribution in [1.29, 1.82) is 0 Å². The highest BCUT2D eigenvalue weighted by atomic mass is 16.2. The Kier molecular flexibility index (Phi) is 6.22. The third-order valence-corrected chi connectivity index (χ3v) is 4.80. The smallest absolute Gasteiger partial charge is 0.324 e. The van der Waals surface area contributed by atoms with Crippen LogP contribution in [0.5, 0.6) is 0 Å². The number of carbonyl (C=O) groups is 3. The highest BCUT2D eigenvalue weighted by molar-refractivity contribution is 6.01. The maximum absolute atomic E-state index is 12.6. The fraction of sp³-hybridized carbons (Fsp3) is 0.750. The highest BCUT2D eigenvalue weighted by Crippen LogP contribution is 2.38. The lowest BCUT2D eigenvalue weighted by molar-refractivity contribution is -0.138. The van der Waals surface area contributed by atoms with Crippen molar-refractivity contribution in [2.75, 3.05) is 47.3 Å². The van der Waals surface area contributed by atoms with E-state index in [4.69, 9.17) is 0 Å². The van der Waals surface area contributed by atoms with Gasteiger partial charge in [-0.05, 0) is 12.8 Å². The fourth-order valence-electron chi connectivity index (χ4n) is 3.43. The van der Waals surface area contributed by atoms with Gasteiger partial charge in [-0.15, -0.1) is 0 Å². The molecule has 1 heterocycles. The quantitative estimate of drug-likeness (QED) is 0.335. The summed E-state index contributed by atoms with van der Waals surface area (Å²) in [6, 6.07) is -0.365. The van der Waals surface area contributed by atoms with Gasteiger partial charge >= 0.3 is 6.03 Å². The SMILES string of the molecule is CN=C(NCCN1C(=O)CNC1=O)NCC1(C(=O)N(C)C)CCCC1. The molecule has 2 aliphatic rings. The number of carbonyl (C=O) groups excluding carboxylic acids is 3. The molecule has 0 atom stereocenters. The largest absolute Gasteiger partial charge is 0.355 e. The van der Waals surface area contributed by atoms with E-state index in [1.54, 1.807) is 26.0 Å². The lowest BCUT2D eigenvalue weighted by Crippen LogP contribution is -2.50. The molecule has 4 amide bonds. The molecule has 1 saturated heterocycles. The molecule has 1 aliphatic carbocycles. The van der Waals surface area contributed by atoms with E-state index in [2.05, 4.69) is 20.9 Å². The zero-order valence-electron chi connectivity index (χ0n) is 15.2. The Labute approximate surface area is 148 Å². The van der Waals surface area contributed by atoms with Crippen molar-refractivity contribution in [3.8, 4) is 0 Å². The number of urea groups is 1. The molecule has 1 saturated carbocycles. The van der Waals surface area contributed by atoms with Crippen LogP contribution in [0.1, 0.15) is 25.7 Å². The van der Waals surface area contributed by atoms with E-state index in [0.717, 1.165) is 25.7 Å². The summed E-state index contributed by atoms with van der Waals surface area (Å²) in [5.74, 6) is 0.480. The van der Waals surface area contributed by atoms with Gasteiger partial charge in [-0.25, -0.2) is 4.79 Å². The van der Waals surface area contributed by atoms with Gasteiger partial charge in [-0.2, -0.15) is 0 Å². The second kappa shape index (κ2) is 8.17.